The second-order valence-electron chi connectivity index (χ2n) is 6.14. The summed E-state index contributed by atoms with van der Waals surface area (Å²) in [7, 11) is 0. The summed E-state index contributed by atoms with van der Waals surface area (Å²) in [6.07, 6.45) is 10.5. The van der Waals surface area contributed by atoms with Crippen LogP contribution >= 0.6 is 0 Å². The molecule has 2 aliphatic rings. The second-order valence-corrected chi connectivity index (χ2v) is 6.14. The maximum Gasteiger partial charge on any atom is 0.0389 e. The Morgan fingerprint density at radius 3 is 2.43 bits per heavy atom. The number of hydrogen-bond acceptors (Lipinski definition) is 3. The van der Waals surface area contributed by atoms with Gasteiger partial charge in [0.15, 0.2) is 0 Å². The molecule has 1 unspecified atom stereocenters. The highest BCUT2D eigenvalue weighted by Gasteiger charge is 2.24. The summed E-state index contributed by atoms with van der Waals surface area (Å²) in [5, 5.41) is 0. The van der Waals surface area contributed by atoms with Crippen molar-refractivity contribution in [2.75, 3.05) is 37.6 Å². The molecule has 0 bridgehead atoms. The van der Waals surface area contributed by atoms with Crippen LogP contribution < -0.4 is 10.6 Å². The number of piperazine rings is 1. The fourth-order valence-corrected chi connectivity index (χ4v) is 3.10. The molecule has 1 aliphatic carbocycles. The van der Waals surface area contributed by atoms with Crippen LogP contribution in [-0.4, -0.2) is 43.2 Å². The van der Waals surface area contributed by atoms with Gasteiger partial charge in [-0.2, -0.15) is 0 Å². The first-order valence-corrected chi connectivity index (χ1v) is 7.91. The first-order valence-electron chi connectivity index (χ1n) is 7.91. The molecule has 0 amide bonds. The van der Waals surface area contributed by atoms with Gasteiger partial charge in [-0.15, -0.1) is 0 Å². The molecule has 1 saturated heterocycles. The largest absolute Gasteiger partial charge is 0.369 e. The predicted octanol–water partition coefficient (Wildman–Crippen LogP) is 2.41. The molecule has 112 valence electrons. The lowest BCUT2D eigenvalue weighted by Crippen LogP contribution is -2.49. The van der Waals surface area contributed by atoms with Crippen molar-refractivity contribution in [3.63, 3.8) is 0 Å². The normalized spacial score (nSPS) is 26.2. The van der Waals surface area contributed by atoms with E-state index in [-0.39, 0.29) is 5.54 Å². The Balaban J connectivity index is 1.46. The van der Waals surface area contributed by atoms with Gasteiger partial charge in [-0.05, 0) is 25.0 Å². The van der Waals surface area contributed by atoms with Gasteiger partial charge >= 0.3 is 0 Å². The number of anilines is 1. The Kier molecular flexibility index (Phi) is 4.42. The molecule has 0 spiro atoms. The van der Waals surface area contributed by atoms with Crippen molar-refractivity contribution >= 4 is 5.69 Å². The Morgan fingerprint density at radius 1 is 1.00 bits per heavy atom. The lowest BCUT2D eigenvalue weighted by molar-refractivity contribution is 0.238. The summed E-state index contributed by atoms with van der Waals surface area (Å²) in [6.45, 7) is 5.57. The third-order valence-electron chi connectivity index (χ3n) is 4.56. The van der Waals surface area contributed by atoms with Crippen molar-refractivity contribution in [1.29, 1.82) is 0 Å². The third kappa shape index (κ3) is 3.74. The fraction of sp³-hybridized carbons (Fsp3) is 0.444. The maximum absolute atomic E-state index is 6.42. The molecule has 3 heteroatoms. The lowest BCUT2D eigenvalue weighted by atomic mass is 9.89. The zero-order valence-corrected chi connectivity index (χ0v) is 12.6. The van der Waals surface area contributed by atoms with Crippen molar-refractivity contribution in [2.45, 2.75) is 18.4 Å². The standard InChI is InChI=1S/C18H25N3/c19-18(9-5-2-6-10-18)11-12-20-13-15-21(16-14-20)17-7-3-1-4-8-17/h1-9H,10-16,19H2. The van der Waals surface area contributed by atoms with Crippen LogP contribution in [0.1, 0.15) is 12.8 Å². The lowest BCUT2D eigenvalue weighted by Gasteiger charge is -2.37. The Bertz CT molecular complexity index is 500. The van der Waals surface area contributed by atoms with Crippen molar-refractivity contribution in [3.8, 4) is 0 Å². The molecule has 1 fully saturated rings. The number of hydrogen-bond donors (Lipinski definition) is 1. The molecule has 0 radical (unpaired) electrons. The average molecular weight is 283 g/mol. The van der Waals surface area contributed by atoms with Gasteiger partial charge in [0, 0.05) is 44.0 Å². The summed E-state index contributed by atoms with van der Waals surface area (Å²) >= 11 is 0. The van der Waals surface area contributed by atoms with Crippen LogP contribution in [0.3, 0.4) is 0 Å². The van der Waals surface area contributed by atoms with Crippen molar-refractivity contribution < 1.29 is 0 Å². The van der Waals surface area contributed by atoms with Gasteiger partial charge in [-0.1, -0.05) is 42.5 Å². The van der Waals surface area contributed by atoms with E-state index in [1.807, 2.05) is 0 Å². The fourth-order valence-electron chi connectivity index (χ4n) is 3.10. The van der Waals surface area contributed by atoms with Crippen LogP contribution in [0.5, 0.6) is 0 Å². The third-order valence-corrected chi connectivity index (χ3v) is 4.56. The van der Waals surface area contributed by atoms with Gasteiger partial charge in [0.05, 0.1) is 0 Å². The highest BCUT2D eigenvalue weighted by molar-refractivity contribution is 5.46. The molecule has 21 heavy (non-hydrogen) atoms. The monoisotopic (exact) mass is 283 g/mol. The number of rotatable bonds is 4. The molecule has 1 aromatic rings. The van der Waals surface area contributed by atoms with Crippen LogP contribution in [-0.2, 0) is 0 Å². The molecule has 1 heterocycles. The molecule has 2 N–H and O–H groups in total. The van der Waals surface area contributed by atoms with Crippen LogP contribution in [0, 0.1) is 0 Å². The molecule has 3 nitrogen and oxygen atoms in total. The van der Waals surface area contributed by atoms with E-state index in [0.717, 1.165) is 45.6 Å². The molecular weight excluding hydrogens is 258 g/mol. The highest BCUT2D eigenvalue weighted by Crippen LogP contribution is 2.20. The first kappa shape index (κ1) is 14.4. The van der Waals surface area contributed by atoms with Gasteiger partial charge in [0.2, 0.25) is 0 Å². The molecule has 1 atom stereocenters. The summed E-state index contributed by atoms with van der Waals surface area (Å²) in [4.78, 5) is 5.01. The molecule has 1 aliphatic heterocycles. The number of nitrogens with zero attached hydrogens (tertiary/aromatic N) is 2. The average Bonchev–Trinajstić information content (AvgIpc) is 2.55. The number of para-hydroxylation sites is 1. The molecule has 1 aromatic carbocycles. The van der Waals surface area contributed by atoms with E-state index in [2.05, 4.69) is 64.4 Å². The van der Waals surface area contributed by atoms with Crippen molar-refractivity contribution in [1.82, 2.24) is 4.90 Å². The van der Waals surface area contributed by atoms with Crippen molar-refractivity contribution in [2.24, 2.45) is 5.73 Å². The van der Waals surface area contributed by atoms with E-state index in [4.69, 9.17) is 5.73 Å². The van der Waals surface area contributed by atoms with E-state index in [0.29, 0.717) is 0 Å². The minimum atomic E-state index is -0.134. The van der Waals surface area contributed by atoms with Crippen LogP contribution in [0.15, 0.2) is 54.6 Å². The van der Waals surface area contributed by atoms with E-state index in [1.54, 1.807) is 0 Å². The summed E-state index contributed by atoms with van der Waals surface area (Å²) < 4.78 is 0. The smallest absolute Gasteiger partial charge is 0.0389 e. The maximum atomic E-state index is 6.42. The van der Waals surface area contributed by atoms with Gasteiger partial charge in [-0.3, -0.25) is 4.90 Å². The van der Waals surface area contributed by atoms with E-state index in [1.165, 1.54) is 5.69 Å². The predicted molar refractivity (Wildman–Crippen MR) is 89.5 cm³/mol. The van der Waals surface area contributed by atoms with E-state index in [9.17, 15) is 0 Å². The summed E-state index contributed by atoms with van der Waals surface area (Å²) in [6, 6.07) is 10.7. The minimum absolute atomic E-state index is 0.134. The van der Waals surface area contributed by atoms with Crippen molar-refractivity contribution in [3.05, 3.63) is 54.6 Å². The van der Waals surface area contributed by atoms with Gasteiger partial charge in [0.25, 0.3) is 0 Å². The number of nitrogens with two attached hydrogens (primary N) is 1. The van der Waals surface area contributed by atoms with Gasteiger partial charge < -0.3 is 10.6 Å². The Labute approximate surface area is 127 Å². The SMILES string of the molecule is NC1(CCN2CCN(c3ccccc3)CC2)C=CC=CC1. The zero-order chi connectivity index (χ0) is 14.5. The summed E-state index contributed by atoms with van der Waals surface area (Å²) in [5.41, 5.74) is 7.63. The number of allylic oxidation sites excluding steroid dienone is 2. The Morgan fingerprint density at radius 2 is 1.76 bits per heavy atom. The minimum Gasteiger partial charge on any atom is -0.369 e. The van der Waals surface area contributed by atoms with Crippen LogP contribution in [0.4, 0.5) is 5.69 Å². The van der Waals surface area contributed by atoms with Gasteiger partial charge in [0.1, 0.15) is 0 Å². The van der Waals surface area contributed by atoms with Gasteiger partial charge in [-0.25, -0.2) is 0 Å². The zero-order valence-electron chi connectivity index (χ0n) is 12.6. The van der Waals surface area contributed by atoms with E-state index >= 15 is 0 Å². The summed E-state index contributed by atoms with van der Waals surface area (Å²) in [5.74, 6) is 0. The molecule has 0 saturated carbocycles. The quantitative estimate of drug-likeness (QED) is 0.921. The molecular formula is C18H25N3. The highest BCUT2D eigenvalue weighted by atomic mass is 15.3. The number of benzene rings is 1. The Hall–Kier alpha value is -1.58. The first-order chi connectivity index (χ1) is 10.3. The molecule has 0 aromatic heterocycles. The second kappa shape index (κ2) is 6.46. The molecule has 3 rings (SSSR count). The topological polar surface area (TPSA) is 32.5 Å². The van der Waals surface area contributed by atoms with Crippen LogP contribution in [0.2, 0.25) is 0 Å². The van der Waals surface area contributed by atoms with E-state index < -0.39 is 0 Å². The van der Waals surface area contributed by atoms with Crippen LogP contribution in [0.25, 0.3) is 0 Å².